The van der Waals surface area contributed by atoms with Crippen molar-refractivity contribution >= 4 is 40.1 Å². The smallest absolute Gasteiger partial charge is 0.336 e. The maximum atomic E-state index is 12.8. The van der Waals surface area contributed by atoms with E-state index in [1.54, 1.807) is 12.1 Å². The van der Waals surface area contributed by atoms with Crippen LogP contribution >= 0.6 is 11.6 Å². The number of esters is 1. The lowest BCUT2D eigenvalue weighted by molar-refractivity contribution is -0.149. The van der Waals surface area contributed by atoms with Gasteiger partial charge < -0.3 is 23.5 Å². The summed E-state index contributed by atoms with van der Waals surface area (Å²) in [6.07, 6.45) is 0.790. The van der Waals surface area contributed by atoms with Crippen LogP contribution in [0.5, 0.6) is 11.5 Å². The number of rotatable bonds is 7. The molecule has 8 nitrogen and oxygen atoms in total. The topological polar surface area (TPSA) is 95.3 Å². The molecule has 1 aliphatic heterocycles. The van der Waals surface area contributed by atoms with Crippen molar-refractivity contribution in [1.82, 2.24) is 0 Å². The summed E-state index contributed by atoms with van der Waals surface area (Å²) in [5.74, 6) is -0.635. The van der Waals surface area contributed by atoms with Crippen LogP contribution in [-0.2, 0) is 27.4 Å². The molecular formula is C25H24ClNO7. The number of hydrogen-bond acceptors (Lipinski definition) is 7. The third-order valence-corrected chi connectivity index (χ3v) is 6.17. The van der Waals surface area contributed by atoms with E-state index in [1.807, 2.05) is 25.1 Å². The van der Waals surface area contributed by atoms with E-state index in [9.17, 15) is 14.4 Å². The fourth-order valence-corrected chi connectivity index (χ4v) is 4.27. The van der Waals surface area contributed by atoms with Crippen LogP contribution in [-0.4, -0.2) is 32.6 Å². The molecule has 1 saturated heterocycles. The zero-order chi connectivity index (χ0) is 24.4. The molecule has 1 fully saturated rings. The number of carbonyl (C=O) groups excluding carboxylic acids is 2. The van der Waals surface area contributed by atoms with Gasteiger partial charge in [0.15, 0.2) is 0 Å². The molecule has 0 aliphatic carbocycles. The standard InChI is InChI=1S/C25H24ClNO7/c1-4-14-5-6-17-16(9-24(29)34-20(17)7-14)13-33-25(30)15-8-23(28)27(12-15)19-10-18(26)21(31-2)11-22(19)32-3/h5-7,9-11,15H,4,8,12-13H2,1-3H3/t15-/m1/s1. The van der Waals surface area contributed by atoms with Crippen LogP contribution in [0.25, 0.3) is 11.0 Å². The molecule has 178 valence electrons. The number of aryl methyl sites for hydroxylation is 1. The first kappa shape index (κ1) is 23.6. The monoisotopic (exact) mass is 485 g/mol. The summed E-state index contributed by atoms with van der Waals surface area (Å²) in [4.78, 5) is 39.0. The molecule has 0 bridgehead atoms. The van der Waals surface area contributed by atoms with Gasteiger partial charge in [-0.3, -0.25) is 9.59 Å². The molecule has 1 amide bonds. The molecule has 3 aromatic rings. The number of hydrogen-bond donors (Lipinski definition) is 0. The van der Waals surface area contributed by atoms with Gasteiger partial charge in [-0.15, -0.1) is 0 Å². The van der Waals surface area contributed by atoms with Crippen molar-refractivity contribution in [2.24, 2.45) is 5.92 Å². The predicted octanol–water partition coefficient (Wildman–Crippen LogP) is 4.12. The Morgan fingerprint density at radius 3 is 2.59 bits per heavy atom. The molecular weight excluding hydrogens is 462 g/mol. The van der Waals surface area contributed by atoms with E-state index in [0.717, 1.165) is 12.0 Å². The first-order chi connectivity index (χ1) is 16.3. The van der Waals surface area contributed by atoms with Crippen molar-refractivity contribution in [3.8, 4) is 11.5 Å². The Kier molecular flexibility index (Phi) is 6.79. The first-order valence-corrected chi connectivity index (χ1v) is 11.2. The van der Waals surface area contributed by atoms with Crippen molar-refractivity contribution in [2.75, 3.05) is 25.7 Å². The van der Waals surface area contributed by atoms with Gasteiger partial charge in [-0.2, -0.15) is 0 Å². The number of halogens is 1. The first-order valence-electron chi connectivity index (χ1n) is 10.8. The summed E-state index contributed by atoms with van der Waals surface area (Å²) in [5.41, 5.74) is 1.96. The summed E-state index contributed by atoms with van der Waals surface area (Å²) in [5, 5.41) is 1.02. The van der Waals surface area contributed by atoms with E-state index >= 15 is 0 Å². The molecule has 1 atom stereocenters. The van der Waals surface area contributed by atoms with Gasteiger partial charge in [-0.1, -0.05) is 30.7 Å². The Bertz CT molecular complexity index is 1320. The van der Waals surface area contributed by atoms with Crippen LogP contribution in [0.3, 0.4) is 0 Å². The molecule has 2 aromatic carbocycles. The summed E-state index contributed by atoms with van der Waals surface area (Å²) in [7, 11) is 2.96. The van der Waals surface area contributed by atoms with E-state index in [-0.39, 0.29) is 25.5 Å². The number of amides is 1. The zero-order valence-electron chi connectivity index (χ0n) is 19.1. The van der Waals surface area contributed by atoms with Crippen LogP contribution in [0.4, 0.5) is 5.69 Å². The Labute approximate surface area is 201 Å². The molecule has 2 heterocycles. The highest BCUT2D eigenvalue weighted by Crippen LogP contribution is 2.40. The molecule has 0 N–H and O–H groups in total. The molecule has 0 unspecified atom stereocenters. The number of carbonyl (C=O) groups is 2. The largest absolute Gasteiger partial charge is 0.495 e. The van der Waals surface area contributed by atoms with Crippen molar-refractivity contribution in [1.29, 1.82) is 0 Å². The Morgan fingerprint density at radius 1 is 1.12 bits per heavy atom. The van der Waals surface area contributed by atoms with Crippen molar-refractivity contribution < 1.29 is 28.2 Å². The van der Waals surface area contributed by atoms with Gasteiger partial charge in [0, 0.05) is 36.0 Å². The summed E-state index contributed by atoms with van der Waals surface area (Å²) < 4.78 is 21.4. The fraction of sp³-hybridized carbons (Fsp3) is 0.320. The third kappa shape index (κ3) is 4.59. The molecule has 0 radical (unpaired) electrons. The number of nitrogens with zero attached hydrogens (tertiary/aromatic N) is 1. The van der Waals surface area contributed by atoms with Crippen molar-refractivity contribution in [2.45, 2.75) is 26.4 Å². The minimum atomic E-state index is -0.670. The van der Waals surface area contributed by atoms with E-state index in [2.05, 4.69) is 0 Å². The highest BCUT2D eigenvalue weighted by molar-refractivity contribution is 6.32. The average Bonchev–Trinajstić information content (AvgIpc) is 3.22. The number of methoxy groups -OCH3 is 2. The second-order valence-electron chi connectivity index (χ2n) is 7.95. The highest BCUT2D eigenvalue weighted by atomic mass is 35.5. The van der Waals surface area contributed by atoms with E-state index in [0.29, 0.717) is 38.7 Å². The van der Waals surface area contributed by atoms with E-state index in [1.165, 1.54) is 25.2 Å². The molecule has 0 spiro atoms. The number of fused-ring (bicyclic) bond motifs is 1. The number of ether oxygens (including phenoxy) is 3. The van der Waals surface area contributed by atoms with E-state index < -0.39 is 17.5 Å². The molecule has 4 rings (SSSR count). The lowest BCUT2D eigenvalue weighted by atomic mass is 10.1. The van der Waals surface area contributed by atoms with Gasteiger partial charge >= 0.3 is 11.6 Å². The van der Waals surface area contributed by atoms with Gasteiger partial charge in [0.2, 0.25) is 5.91 Å². The third-order valence-electron chi connectivity index (χ3n) is 5.88. The molecule has 0 saturated carbocycles. The normalized spacial score (nSPS) is 15.6. The van der Waals surface area contributed by atoms with Gasteiger partial charge in [0.05, 0.1) is 30.8 Å². The van der Waals surface area contributed by atoms with E-state index in [4.69, 9.17) is 30.2 Å². The minimum absolute atomic E-state index is 0.0107. The van der Waals surface area contributed by atoms with Crippen LogP contribution in [0, 0.1) is 5.92 Å². The summed E-state index contributed by atoms with van der Waals surface area (Å²) in [6.45, 7) is 2.02. The van der Waals surface area contributed by atoms with Crippen LogP contribution in [0.15, 0.2) is 45.6 Å². The van der Waals surface area contributed by atoms with Gasteiger partial charge in [-0.25, -0.2) is 4.79 Å². The van der Waals surface area contributed by atoms with Crippen LogP contribution < -0.4 is 20.0 Å². The van der Waals surface area contributed by atoms with Crippen LogP contribution in [0.1, 0.15) is 24.5 Å². The van der Waals surface area contributed by atoms with Crippen molar-refractivity contribution in [3.63, 3.8) is 0 Å². The van der Waals surface area contributed by atoms with Gasteiger partial charge in [0.1, 0.15) is 23.7 Å². The summed E-state index contributed by atoms with van der Waals surface area (Å²) >= 11 is 6.24. The second-order valence-corrected chi connectivity index (χ2v) is 8.35. The van der Waals surface area contributed by atoms with Crippen LogP contribution in [0.2, 0.25) is 5.02 Å². The van der Waals surface area contributed by atoms with Gasteiger partial charge in [-0.05, 0) is 24.1 Å². The lowest BCUT2D eigenvalue weighted by Gasteiger charge is -2.20. The number of benzene rings is 2. The fourth-order valence-electron chi connectivity index (χ4n) is 4.03. The quantitative estimate of drug-likeness (QED) is 0.367. The zero-order valence-corrected chi connectivity index (χ0v) is 19.8. The molecule has 34 heavy (non-hydrogen) atoms. The Hall–Kier alpha value is -3.52. The molecule has 1 aromatic heterocycles. The maximum Gasteiger partial charge on any atom is 0.336 e. The molecule has 9 heteroatoms. The SMILES string of the molecule is CCc1ccc2c(COC(=O)[C@@H]3CC(=O)N(c4cc(Cl)c(OC)cc4OC)C3)cc(=O)oc2c1. The second kappa shape index (κ2) is 9.77. The molecule has 1 aliphatic rings. The predicted molar refractivity (Wildman–Crippen MR) is 127 cm³/mol. The summed E-state index contributed by atoms with van der Waals surface area (Å²) in [6, 6.07) is 10.1. The maximum absolute atomic E-state index is 12.8. The Morgan fingerprint density at radius 2 is 1.88 bits per heavy atom. The lowest BCUT2D eigenvalue weighted by Crippen LogP contribution is -2.27. The Balaban J connectivity index is 1.50. The van der Waals surface area contributed by atoms with Crippen molar-refractivity contribution in [3.05, 3.63) is 63.0 Å². The highest BCUT2D eigenvalue weighted by Gasteiger charge is 2.37. The number of anilines is 1. The average molecular weight is 486 g/mol. The van der Waals surface area contributed by atoms with Gasteiger partial charge in [0.25, 0.3) is 0 Å². The minimum Gasteiger partial charge on any atom is -0.495 e.